The summed E-state index contributed by atoms with van der Waals surface area (Å²) in [6.07, 6.45) is -7.34. The molecule has 8 aliphatic rings. The summed E-state index contributed by atoms with van der Waals surface area (Å²) in [6.45, 7) is 9.47. The molecule has 14 heteroatoms. The summed E-state index contributed by atoms with van der Waals surface area (Å²) in [5.74, 6) is 1.82. The molecule has 8 rings (SSSR count). The zero-order chi connectivity index (χ0) is 37.1. The van der Waals surface area contributed by atoms with Gasteiger partial charge in [0.25, 0.3) is 0 Å². The third kappa shape index (κ3) is 5.77. The lowest BCUT2D eigenvalue weighted by Gasteiger charge is -2.60. The summed E-state index contributed by atoms with van der Waals surface area (Å²) >= 11 is 0. The van der Waals surface area contributed by atoms with Crippen molar-refractivity contribution in [3.8, 4) is 0 Å². The first-order valence-corrected chi connectivity index (χ1v) is 19.7. The Labute approximate surface area is 305 Å². The van der Waals surface area contributed by atoms with Crippen LogP contribution in [0.5, 0.6) is 0 Å². The molecule has 0 radical (unpaired) electrons. The number of ether oxygens (including phenoxy) is 6. The highest BCUT2D eigenvalue weighted by Gasteiger charge is 2.70. The van der Waals surface area contributed by atoms with Gasteiger partial charge in [-0.1, -0.05) is 27.7 Å². The predicted octanol–water partition coefficient (Wildman–Crippen LogP) is 1.06. The lowest BCUT2D eigenvalue weighted by Crippen LogP contribution is -2.64. The molecule has 0 amide bonds. The first kappa shape index (κ1) is 37.9. The van der Waals surface area contributed by atoms with E-state index in [2.05, 4.69) is 27.7 Å². The molecule has 4 aliphatic carbocycles. The zero-order valence-electron chi connectivity index (χ0n) is 30.6. The number of rotatable bonds is 5. The standard InChI is InChI=1S/C38H60O14/c1-16-5-10-38(47-15-16)17(2)26-23(52-38)13-21-25-20(7-9-37(21,26)4)36(3)8-6-19(11-18(36)12-22(25)40)48-35-32(29(43)27(41)24(14-39)49-35)50-34-31(45)28(42)30(44)33(46)51-34/h12,16-21,23-35,39-46H,5-11,13-15H2,1-4H3. The Bertz CT molecular complexity index is 1340. The lowest BCUT2D eigenvalue weighted by molar-refractivity contribution is -0.388. The van der Waals surface area contributed by atoms with Gasteiger partial charge in [0.15, 0.2) is 24.7 Å². The minimum absolute atomic E-state index is 0.00350. The molecular formula is C38H60O14. The van der Waals surface area contributed by atoms with Gasteiger partial charge in [-0.05, 0) is 91.4 Å². The molecule has 296 valence electrons. The van der Waals surface area contributed by atoms with Crippen molar-refractivity contribution in [2.75, 3.05) is 13.2 Å². The summed E-state index contributed by atoms with van der Waals surface area (Å²) in [4.78, 5) is 0. The van der Waals surface area contributed by atoms with Crippen LogP contribution >= 0.6 is 0 Å². The van der Waals surface area contributed by atoms with Crippen molar-refractivity contribution in [2.45, 2.75) is 159 Å². The minimum atomic E-state index is -1.88. The number of aliphatic hydroxyl groups is 8. The van der Waals surface area contributed by atoms with Gasteiger partial charge < -0.3 is 69.3 Å². The summed E-state index contributed by atoms with van der Waals surface area (Å²) in [5, 5.41) is 84.2. The number of fused-ring (bicyclic) bond motifs is 7. The maximum atomic E-state index is 11.9. The maximum Gasteiger partial charge on any atom is 0.189 e. The second-order valence-corrected chi connectivity index (χ2v) is 18.2. The zero-order valence-corrected chi connectivity index (χ0v) is 30.6. The topological polar surface area (TPSA) is 217 Å². The molecule has 22 atom stereocenters. The van der Waals surface area contributed by atoms with Crippen molar-refractivity contribution in [3.05, 3.63) is 11.8 Å². The van der Waals surface area contributed by atoms with Gasteiger partial charge in [0.05, 0.1) is 31.2 Å². The van der Waals surface area contributed by atoms with Crippen molar-refractivity contribution in [1.82, 2.24) is 0 Å². The first-order chi connectivity index (χ1) is 24.6. The summed E-state index contributed by atoms with van der Waals surface area (Å²) in [5.41, 5.74) is -0.0553. The molecule has 8 N–H and O–H groups in total. The van der Waals surface area contributed by atoms with Crippen molar-refractivity contribution in [3.63, 3.8) is 0 Å². The van der Waals surface area contributed by atoms with E-state index in [0.29, 0.717) is 36.4 Å². The summed E-state index contributed by atoms with van der Waals surface area (Å²) in [7, 11) is 0. The molecule has 3 saturated carbocycles. The van der Waals surface area contributed by atoms with E-state index in [0.717, 1.165) is 45.1 Å². The molecule has 14 nitrogen and oxygen atoms in total. The van der Waals surface area contributed by atoms with Gasteiger partial charge in [-0.2, -0.15) is 0 Å². The normalized spacial score (nSPS) is 58.9. The largest absolute Gasteiger partial charge is 0.512 e. The van der Waals surface area contributed by atoms with E-state index in [1.54, 1.807) is 0 Å². The van der Waals surface area contributed by atoms with Crippen LogP contribution in [-0.2, 0) is 28.4 Å². The van der Waals surface area contributed by atoms with Crippen LogP contribution in [0.25, 0.3) is 0 Å². The molecule has 4 aliphatic heterocycles. The van der Waals surface area contributed by atoms with Crippen molar-refractivity contribution in [2.24, 2.45) is 52.3 Å². The van der Waals surface area contributed by atoms with Crippen LogP contribution in [0.15, 0.2) is 11.8 Å². The van der Waals surface area contributed by atoms with Gasteiger partial charge >= 0.3 is 0 Å². The van der Waals surface area contributed by atoms with E-state index >= 15 is 0 Å². The summed E-state index contributed by atoms with van der Waals surface area (Å²) in [6, 6.07) is 0. The van der Waals surface area contributed by atoms with Crippen molar-refractivity contribution < 1.29 is 69.3 Å². The molecule has 0 aromatic rings. The van der Waals surface area contributed by atoms with Gasteiger partial charge in [0.1, 0.15) is 42.7 Å². The fourth-order valence-corrected chi connectivity index (χ4v) is 12.4. The van der Waals surface area contributed by atoms with E-state index in [1.165, 1.54) is 0 Å². The van der Waals surface area contributed by atoms with Gasteiger partial charge in [-0.3, -0.25) is 0 Å². The minimum Gasteiger partial charge on any atom is -0.512 e. The smallest absolute Gasteiger partial charge is 0.189 e. The van der Waals surface area contributed by atoms with Gasteiger partial charge in [-0.25, -0.2) is 0 Å². The molecule has 4 saturated heterocycles. The van der Waals surface area contributed by atoms with Crippen LogP contribution in [0.1, 0.15) is 79.1 Å². The summed E-state index contributed by atoms with van der Waals surface area (Å²) < 4.78 is 36.7. The van der Waals surface area contributed by atoms with Crippen LogP contribution in [0.3, 0.4) is 0 Å². The molecule has 52 heavy (non-hydrogen) atoms. The monoisotopic (exact) mass is 740 g/mol. The number of hydrogen-bond acceptors (Lipinski definition) is 14. The fourth-order valence-electron chi connectivity index (χ4n) is 12.4. The molecular weight excluding hydrogens is 680 g/mol. The van der Waals surface area contributed by atoms with Crippen LogP contribution in [-0.4, -0.2) is 134 Å². The Hall–Kier alpha value is -0.980. The molecule has 1 spiro atoms. The number of aliphatic hydroxyl groups excluding tert-OH is 8. The Balaban J connectivity index is 0.984. The number of hydrogen-bond donors (Lipinski definition) is 8. The molecule has 0 bridgehead atoms. The molecule has 4 heterocycles. The SMILES string of the molecule is CC1CCC2(OC1)OC1CC3C4C(O)=CC5CC(OC6OC(CO)C(O)C(O)C6OC6OC(O)C(O)C(O)C6O)CCC5(C)C4CCC3(C)C1C2C. The highest BCUT2D eigenvalue weighted by molar-refractivity contribution is 5.23. The van der Waals surface area contributed by atoms with Crippen LogP contribution < -0.4 is 0 Å². The Kier molecular flexibility index (Phi) is 9.92. The van der Waals surface area contributed by atoms with Crippen molar-refractivity contribution >= 4 is 0 Å². The highest BCUT2D eigenvalue weighted by Crippen LogP contribution is 2.71. The Morgan fingerprint density at radius 3 is 2.25 bits per heavy atom. The quantitative estimate of drug-likeness (QED) is 0.198. The molecule has 22 unspecified atom stereocenters. The van der Waals surface area contributed by atoms with Crippen molar-refractivity contribution in [1.29, 1.82) is 0 Å². The van der Waals surface area contributed by atoms with Crippen LogP contribution in [0.4, 0.5) is 0 Å². The first-order valence-electron chi connectivity index (χ1n) is 19.7. The van der Waals surface area contributed by atoms with Crippen LogP contribution in [0, 0.1) is 52.3 Å². The molecule has 0 aromatic carbocycles. The average Bonchev–Trinajstić information content (AvgIpc) is 3.56. The van der Waals surface area contributed by atoms with Gasteiger partial charge in [-0.15, -0.1) is 0 Å². The third-order valence-corrected chi connectivity index (χ3v) is 15.5. The lowest BCUT2D eigenvalue weighted by atomic mass is 9.45. The number of allylic oxidation sites excluding steroid dienone is 2. The Morgan fingerprint density at radius 2 is 1.54 bits per heavy atom. The Morgan fingerprint density at radius 1 is 0.788 bits per heavy atom. The van der Waals surface area contributed by atoms with E-state index in [4.69, 9.17) is 28.4 Å². The van der Waals surface area contributed by atoms with E-state index in [1.807, 2.05) is 6.08 Å². The second kappa shape index (κ2) is 13.6. The molecule has 7 fully saturated rings. The van der Waals surface area contributed by atoms with Crippen LogP contribution in [0.2, 0.25) is 0 Å². The maximum absolute atomic E-state index is 11.9. The van der Waals surface area contributed by atoms with E-state index < -0.39 is 80.1 Å². The second-order valence-electron chi connectivity index (χ2n) is 18.2. The third-order valence-electron chi connectivity index (χ3n) is 15.5. The molecule has 0 aromatic heterocycles. The average molecular weight is 741 g/mol. The van der Waals surface area contributed by atoms with E-state index in [9.17, 15) is 40.9 Å². The van der Waals surface area contributed by atoms with E-state index in [-0.39, 0.29) is 40.6 Å². The highest BCUT2D eigenvalue weighted by atomic mass is 16.8. The predicted molar refractivity (Wildman–Crippen MR) is 180 cm³/mol. The fraction of sp³-hybridized carbons (Fsp3) is 0.947. The van der Waals surface area contributed by atoms with Gasteiger partial charge in [0.2, 0.25) is 0 Å². The van der Waals surface area contributed by atoms with Gasteiger partial charge in [0, 0.05) is 18.3 Å².